The van der Waals surface area contributed by atoms with Gasteiger partial charge in [0.2, 0.25) is 0 Å². The standard InChI is InChI=1S/C23H22F4N4O2/c1-13(23(25,26)27)10-28-15-11-31(12-15)22(33)18-8-14(6-7-19(18)24)9-20-16-4-2-3-5-17(16)21(32)30-29-20/h2-8,13,15,28H,9-12H2,1H3,(H,30,32). The summed E-state index contributed by atoms with van der Waals surface area (Å²) in [7, 11) is 0. The average molecular weight is 462 g/mol. The van der Waals surface area contributed by atoms with Crippen LogP contribution in [-0.2, 0) is 6.42 Å². The zero-order valence-electron chi connectivity index (χ0n) is 17.7. The van der Waals surface area contributed by atoms with Crippen molar-refractivity contribution >= 4 is 16.7 Å². The van der Waals surface area contributed by atoms with Crippen molar-refractivity contribution in [2.75, 3.05) is 19.6 Å². The fraction of sp³-hybridized carbons (Fsp3) is 0.348. The van der Waals surface area contributed by atoms with Crippen LogP contribution in [0.4, 0.5) is 17.6 Å². The van der Waals surface area contributed by atoms with Crippen molar-refractivity contribution in [3.63, 3.8) is 0 Å². The van der Waals surface area contributed by atoms with Crippen molar-refractivity contribution in [2.45, 2.75) is 25.6 Å². The summed E-state index contributed by atoms with van der Waals surface area (Å²) in [4.78, 5) is 26.1. The predicted molar refractivity (Wildman–Crippen MR) is 114 cm³/mol. The fourth-order valence-corrected chi connectivity index (χ4v) is 3.75. The average Bonchev–Trinajstić information content (AvgIpc) is 2.75. The van der Waals surface area contributed by atoms with Gasteiger partial charge in [-0.3, -0.25) is 9.59 Å². The Hall–Kier alpha value is -3.27. The number of H-pyrrole nitrogens is 1. The Morgan fingerprint density at radius 1 is 1.21 bits per heavy atom. The molecule has 1 amide bonds. The third-order valence-corrected chi connectivity index (χ3v) is 5.85. The molecule has 0 radical (unpaired) electrons. The van der Waals surface area contributed by atoms with Gasteiger partial charge in [0.1, 0.15) is 5.82 Å². The molecule has 1 unspecified atom stereocenters. The summed E-state index contributed by atoms with van der Waals surface area (Å²) in [5.41, 5.74) is 0.805. The van der Waals surface area contributed by atoms with Crippen LogP contribution in [0.5, 0.6) is 0 Å². The number of rotatable bonds is 6. The number of carbonyl (C=O) groups is 1. The topological polar surface area (TPSA) is 78.1 Å². The first-order chi connectivity index (χ1) is 15.6. The number of alkyl halides is 3. The van der Waals surface area contributed by atoms with E-state index >= 15 is 0 Å². The minimum atomic E-state index is -4.28. The summed E-state index contributed by atoms with van der Waals surface area (Å²) < 4.78 is 52.3. The first-order valence-electron chi connectivity index (χ1n) is 10.5. The van der Waals surface area contributed by atoms with Crippen LogP contribution < -0.4 is 10.9 Å². The molecule has 0 spiro atoms. The van der Waals surface area contributed by atoms with Gasteiger partial charge in [-0.2, -0.15) is 18.3 Å². The number of aromatic amines is 1. The Balaban J connectivity index is 1.44. The van der Waals surface area contributed by atoms with Crippen molar-refractivity contribution in [3.05, 3.63) is 75.5 Å². The molecule has 1 aliphatic rings. The second kappa shape index (κ2) is 8.93. The van der Waals surface area contributed by atoms with E-state index in [1.807, 2.05) is 0 Å². The van der Waals surface area contributed by atoms with E-state index in [0.717, 1.165) is 6.92 Å². The van der Waals surface area contributed by atoms with E-state index in [1.165, 1.54) is 17.0 Å². The van der Waals surface area contributed by atoms with E-state index in [-0.39, 0.29) is 43.2 Å². The lowest BCUT2D eigenvalue weighted by Crippen LogP contribution is -2.60. The fourth-order valence-electron chi connectivity index (χ4n) is 3.75. The molecule has 3 aromatic rings. The third kappa shape index (κ3) is 4.90. The van der Waals surface area contributed by atoms with E-state index in [2.05, 4.69) is 15.5 Å². The normalized spacial score (nSPS) is 15.5. The lowest BCUT2D eigenvalue weighted by molar-refractivity contribution is -0.168. The molecule has 0 saturated carbocycles. The predicted octanol–water partition coefficient (Wildman–Crippen LogP) is 3.27. The molecule has 6 nitrogen and oxygen atoms in total. The highest BCUT2D eigenvalue weighted by molar-refractivity contribution is 5.95. The molecular weight excluding hydrogens is 440 g/mol. The third-order valence-electron chi connectivity index (χ3n) is 5.85. The molecule has 0 bridgehead atoms. The van der Waals surface area contributed by atoms with E-state index in [0.29, 0.717) is 22.0 Å². The van der Waals surface area contributed by atoms with Crippen LogP contribution in [0.2, 0.25) is 0 Å². The smallest absolute Gasteiger partial charge is 0.335 e. The number of hydrogen-bond donors (Lipinski definition) is 2. The van der Waals surface area contributed by atoms with Crippen LogP contribution in [0.15, 0.2) is 47.3 Å². The summed E-state index contributed by atoms with van der Waals surface area (Å²) >= 11 is 0. The molecule has 2 heterocycles. The van der Waals surface area contributed by atoms with Gasteiger partial charge in [-0.25, -0.2) is 9.49 Å². The van der Waals surface area contributed by atoms with E-state index in [1.54, 1.807) is 30.3 Å². The number of hydrogen-bond acceptors (Lipinski definition) is 4. The van der Waals surface area contributed by atoms with Gasteiger partial charge in [-0.15, -0.1) is 0 Å². The van der Waals surface area contributed by atoms with Crippen LogP contribution >= 0.6 is 0 Å². The number of nitrogens with zero attached hydrogens (tertiary/aromatic N) is 2. The van der Waals surface area contributed by atoms with Crippen LogP contribution in [0.1, 0.15) is 28.5 Å². The Bertz CT molecular complexity index is 1240. The number of halogens is 4. The zero-order chi connectivity index (χ0) is 23.8. The molecule has 33 heavy (non-hydrogen) atoms. The molecule has 1 fully saturated rings. The SMILES string of the molecule is CC(CNC1CN(C(=O)c2cc(Cc3n[nH]c(=O)c4ccccc34)ccc2F)C1)C(F)(F)F. The number of aromatic nitrogens is 2. The highest BCUT2D eigenvalue weighted by Gasteiger charge is 2.38. The number of amides is 1. The molecular formula is C23H22F4N4O2. The van der Waals surface area contributed by atoms with Crippen LogP contribution in [0.25, 0.3) is 10.8 Å². The monoisotopic (exact) mass is 462 g/mol. The zero-order valence-corrected chi connectivity index (χ0v) is 17.7. The van der Waals surface area contributed by atoms with Gasteiger partial charge in [-0.1, -0.05) is 31.2 Å². The molecule has 2 N–H and O–H groups in total. The lowest BCUT2D eigenvalue weighted by Gasteiger charge is -2.40. The quantitative estimate of drug-likeness (QED) is 0.552. The van der Waals surface area contributed by atoms with E-state index in [9.17, 15) is 27.2 Å². The highest BCUT2D eigenvalue weighted by atomic mass is 19.4. The Kier molecular flexibility index (Phi) is 6.20. The maximum absolute atomic E-state index is 14.4. The van der Waals surface area contributed by atoms with Crippen molar-refractivity contribution < 1.29 is 22.4 Å². The molecule has 1 atom stereocenters. The highest BCUT2D eigenvalue weighted by Crippen LogP contribution is 2.26. The van der Waals surface area contributed by atoms with Crippen LogP contribution in [-0.4, -0.2) is 52.9 Å². The van der Waals surface area contributed by atoms with Gasteiger partial charge in [0.05, 0.1) is 22.6 Å². The molecule has 1 aromatic heterocycles. The first kappa shape index (κ1) is 22.9. The van der Waals surface area contributed by atoms with Gasteiger partial charge >= 0.3 is 6.18 Å². The van der Waals surface area contributed by atoms with Gasteiger partial charge in [0.25, 0.3) is 11.5 Å². The van der Waals surface area contributed by atoms with Crippen molar-refractivity contribution in [1.29, 1.82) is 0 Å². The number of benzene rings is 2. The van der Waals surface area contributed by atoms with Gasteiger partial charge in [0.15, 0.2) is 0 Å². The Morgan fingerprint density at radius 2 is 1.91 bits per heavy atom. The minimum absolute atomic E-state index is 0.108. The van der Waals surface area contributed by atoms with Crippen molar-refractivity contribution in [3.8, 4) is 0 Å². The molecule has 1 saturated heterocycles. The molecule has 1 aliphatic heterocycles. The summed E-state index contributed by atoms with van der Waals surface area (Å²) in [6.07, 6.45) is -4.00. The number of likely N-dealkylation sites (tertiary alicyclic amines) is 1. The Morgan fingerprint density at radius 3 is 2.61 bits per heavy atom. The maximum Gasteiger partial charge on any atom is 0.392 e. The number of carbonyl (C=O) groups excluding carboxylic acids is 1. The molecule has 4 rings (SSSR count). The van der Waals surface area contributed by atoms with Crippen LogP contribution in [0.3, 0.4) is 0 Å². The Labute approximate surface area is 186 Å². The van der Waals surface area contributed by atoms with Crippen molar-refractivity contribution in [1.82, 2.24) is 20.4 Å². The first-order valence-corrected chi connectivity index (χ1v) is 10.5. The molecule has 174 valence electrons. The molecule has 2 aromatic carbocycles. The van der Waals surface area contributed by atoms with Crippen molar-refractivity contribution in [2.24, 2.45) is 5.92 Å². The number of nitrogens with one attached hydrogen (secondary N) is 2. The second-order valence-electron chi connectivity index (χ2n) is 8.29. The van der Waals surface area contributed by atoms with E-state index < -0.39 is 23.8 Å². The second-order valence-corrected chi connectivity index (χ2v) is 8.29. The largest absolute Gasteiger partial charge is 0.392 e. The van der Waals surface area contributed by atoms with Gasteiger partial charge in [0, 0.05) is 37.5 Å². The summed E-state index contributed by atoms with van der Waals surface area (Å²) in [6.45, 7) is 1.27. The summed E-state index contributed by atoms with van der Waals surface area (Å²) in [5, 5.41) is 10.5. The van der Waals surface area contributed by atoms with Gasteiger partial charge in [-0.05, 0) is 23.8 Å². The summed E-state index contributed by atoms with van der Waals surface area (Å²) in [5.74, 6) is -2.69. The molecule has 10 heteroatoms. The summed E-state index contributed by atoms with van der Waals surface area (Å²) in [6, 6.07) is 10.9. The van der Waals surface area contributed by atoms with E-state index in [4.69, 9.17) is 0 Å². The lowest BCUT2D eigenvalue weighted by atomic mass is 10.0. The number of fused-ring (bicyclic) bond motifs is 1. The minimum Gasteiger partial charge on any atom is -0.335 e. The molecule has 0 aliphatic carbocycles. The maximum atomic E-state index is 14.4. The van der Waals surface area contributed by atoms with Gasteiger partial charge < -0.3 is 10.2 Å². The van der Waals surface area contributed by atoms with Crippen LogP contribution in [0, 0.1) is 11.7 Å².